The Kier molecular flexibility index (Phi) is 5.64. The van der Waals surface area contributed by atoms with E-state index in [0.29, 0.717) is 31.1 Å². The van der Waals surface area contributed by atoms with E-state index in [-0.39, 0.29) is 6.09 Å². The van der Waals surface area contributed by atoms with Crippen LogP contribution < -0.4 is 0 Å². The summed E-state index contributed by atoms with van der Waals surface area (Å²) >= 11 is 1.25. The first-order valence-corrected chi connectivity index (χ1v) is 8.64. The third-order valence-corrected chi connectivity index (χ3v) is 4.52. The molecule has 0 saturated carbocycles. The van der Waals surface area contributed by atoms with Crippen molar-refractivity contribution in [2.24, 2.45) is 0 Å². The lowest BCUT2D eigenvalue weighted by Gasteiger charge is -2.26. The van der Waals surface area contributed by atoms with Crippen LogP contribution >= 0.6 is 11.3 Å². The average Bonchev–Trinajstić information content (AvgIpc) is 2.75. The summed E-state index contributed by atoms with van der Waals surface area (Å²) in [5, 5.41) is 11.0. The van der Waals surface area contributed by atoms with Crippen molar-refractivity contribution < 1.29 is 19.4 Å². The van der Waals surface area contributed by atoms with Gasteiger partial charge in [0, 0.05) is 32.7 Å². The van der Waals surface area contributed by atoms with Gasteiger partial charge in [-0.25, -0.2) is 9.59 Å². The van der Waals surface area contributed by atoms with Crippen molar-refractivity contribution in [3.63, 3.8) is 0 Å². The van der Waals surface area contributed by atoms with E-state index in [1.54, 1.807) is 4.90 Å². The van der Waals surface area contributed by atoms with E-state index in [4.69, 9.17) is 4.74 Å². The number of carbonyl (C=O) groups is 2. The van der Waals surface area contributed by atoms with Crippen LogP contribution in [0.25, 0.3) is 0 Å². The van der Waals surface area contributed by atoms with E-state index in [2.05, 4.69) is 4.90 Å². The van der Waals surface area contributed by atoms with Gasteiger partial charge in [-0.15, -0.1) is 11.3 Å². The van der Waals surface area contributed by atoms with Gasteiger partial charge in [-0.2, -0.15) is 0 Å². The molecule has 0 bridgehead atoms. The average molecular weight is 340 g/mol. The zero-order chi connectivity index (χ0) is 17.0. The molecule has 1 amide bonds. The summed E-state index contributed by atoms with van der Waals surface area (Å²) in [6.07, 6.45) is 0.576. The van der Waals surface area contributed by atoms with Gasteiger partial charge in [0.2, 0.25) is 0 Å². The van der Waals surface area contributed by atoms with Gasteiger partial charge in [0.15, 0.2) is 0 Å². The summed E-state index contributed by atoms with van der Waals surface area (Å²) in [6, 6.07) is 1.87. The van der Waals surface area contributed by atoms with Gasteiger partial charge in [-0.3, -0.25) is 4.90 Å². The Morgan fingerprint density at radius 2 is 2.00 bits per heavy atom. The smallest absolute Gasteiger partial charge is 0.410 e. The summed E-state index contributed by atoms with van der Waals surface area (Å²) in [7, 11) is 0. The van der Waals surface area contributed by atoms with Crippen LogP contribution in [0, 0.1) is 0 Å². The molecular weight excluding hydrogens is 316 g/mol. The van der Waals surface area contributed by atoms with Crippen LogP contribution in [0.3, 0.4) is 0 Å². The van der Waals surface area contributed by atoms with E-state index in [1.807, 2.05) is 32.2 Å². The van der Waals surface area contributed by atoms with Crippen molar-refractivity contribution in [3.05, 3.63) is 21.9 Å². The van der Waals surface area contributed by atoms with Crippen LogP contribution in [0.2, 0.25) is 0 Å². The Hall–Kier alpha value is -1.60. The largest absolute Gasteiger partial charge is 0.477 e. The normalized spacial score (nSPS) is 16.9. The van der Waals surface area contributed by atoms with Crippen LogP contribution in [0.1, 0.15) is 42.4 Å². The summed E-state index contributed by atoms with van der Waals surface area (Å²) in [5.74, 6) is -0.875. The van der Waals surface area contributed by atoms with Gasteiger partial charge in [-0.05, 0) is 44.2 Å². The highest BCUT2D eigenvalue weighted by molar-refractivity contribution is 7.12. The lowest BCUT2D eigenvalue weighted by atomic mass is 10.2. The van der Waals surface area contributed by atoms with Gasteiger partial charge < -0.3 is 14.7 Å². The molecule has 0 aliphatic carbocycles. The Labute approximate surface area is 140 Å². The molecule has 0 spiro atoms. The molecule has 1 aromatic rings. The highest BCUT2D eigenvalue weighted by atomic mass is 32.1. The summed E-state index contributed by atoms with van der Waals surface area (Å²) in [4.78, 5) is 27.7. The monoisotopic (exact) mass is 340 g/mol. The van der Waals surface area contributed by atoms with Crippen LogP contribution in [-0.4, -0.2) is 58.7 Å². The first kappa shape index (κ1) is 17.7. The second-order valence-corrected chi connectivity index (χ2v) is 7.59. The molecule has 1 N–H and O–H groups in total. The predicted molar refractivity (Wildman–Crippen MR) is 89.0 cm³/mol. The van der Waals surface area contributed by atoms with Gasteiger partial charge in [0.1, 0.15) is 10.5 Å². The third-order valence-electron chi connectivity index (χ3n) is 3.58. The molecule has 0 unspecified atom stereocenters. The zero-order valence-electron chi connectivity index (χ0n) is 13.9. The van der Waals surface area contributed by atoms with Crippen LogP contribution in [0.4, 0.5) is 4.79 Å². The van der Waals surface area contributed by atoms with Gasteiger partial charge in [0.05, 0.1) is 0 Å². The molecule has 2 heterocycles. The van der Waals surface area contributed by atoms with Crippen molar-refractivity contribution in [1.82, 2.24) is 9.80 Å². The Morgan fingerprint density at radius 1 is 1.26 bits per heavy atom. The molecule has 23 heavy (non-hydrogen) atoms. The van der Waals surface area contributed by atoms with Gasteiger partial charge in [0.25, 0.3) is 0 Å². The Balaban J connectivity index is 1.92. The minimum atomic E-state index is -0.875. The summed E-state index contributed by atoms with van der Waals surface area (Å²) in [6.45, 7) is 9.01. The number of aromatic carboxylic acids is 1. The number of hydrogen-bond acceptors (Lipinski definition) is 5. The van der Waals surface area contributed by atoms with E-state index in [9.17, 15) is 14.7 Å². The fraction of sp³-hybridized carbons (Fsp3) is 0.625. The predicted octanol–water partition coefficient (Wildman–Crippen LogP) is 2.89. The molecule has 2 rings (SSSR count). The van der Waals surface area contributed by atoms with Crippen LogP contribution in [-0.2, 0) is 11.3 Å². The minimum Gasteiger partial charge on any atom is -0.477 e. The molecule has 0 radical (unpaired) electrons. The highest BCUT2D eigenvalue weighted by Crippen LogP contribution is 2.20. The number of nitrogens with zero attached hydrogens (tertiary/aromatic N) is 2. The van der Waals surface area contributed by atoms with Crippen molar-refractivity contribution in [3.8, 4) is 0 Å². The maximum absolute atomic E-state index is 12.1. The Morgan fingerprint density at radius 3 is 2.65 bits per heavy atom. The maximum Gasteiger partial charge on any atom is 0.410 e. The molecular formula is C16H24N2O4S. The number of carboxylic acids is 1. The minimum absolute atomic E-state index is 0.277. The quantitative estimate of drug-likeness (QED) is 0.916. The van der Waals surface area contributed by atoms with Crippen LogP contribution in [0.15, 0.2) is 11.4 Å². The lowest BCUT2D eigenvalue weighted by molar-refractivity contribution is 0.0257. The maximum atomic E-state index is 12.1. The number of ether oxygens (including phenoxy) is 1. The molecule has 7 heteroatoms. The molecule has 0 aromatic carbocycles. The Bertz CT molecular complexity index is 565. The lowest BCUT2D eigenvalue weighted by Crippen LogP contribution is -2.39. The zero-order valence-corrected chi connectivity index (χ0v) is 14.7. The standard InChI is InChI=1S/C16H24N2O4S/c1-16(2,3)22-15(21)18-7-4-6-17(8-9-18)11-12-5-10-23-13(12)14(19)20/h5,10H,4,6-9,11H2,1-3H3,(H,19,20). The first-order chi connectivity index (χ1) is 10.8. The summed E-state index contributed by atoms with van der Waals surface area (Å²) < 4.78 is 5.42. The van der Waals surface area contributed by atoms with Crippen molar-refractivity contribution >= 4 is 23.4 Å². The number of amides is 1. The van der Waals surface area contributed by atoms with Gasteiger partial charge in [-0.1, -0.05) is 0 Å². The molecule has 6 nitrogen and oxygen atoms in total. The molecule has 1 aromatic heterocycles. The third kappa shape index (κ3) is 5.21. The molecule has 1 fully saturated rings. The van der Waals surface area contributed by atoms with Crippen molar-refractivity contribution in [2.45, 2.75) is 39.3 Å². The fourth-order valence-corrected chi connectivity index (χ4v) is 3.28. The van der Waals surface area contributed by atoms with E-state index >= 15 is 0 Å². The second-order valence-electron chi connectivity index (χ2n) is 6.68. The topological polar surface area (TPSA) is 70.1 Å². The van der Waals surface area contributed by atoms with E-state index in [1.165, 1.54) is 11.3 Å². The second kappa shape index (κ2) is 7.31. The number of rotatable bonds is 3. The number of hydrogen-bond donors (Lipinski definition) is 1. The number of carbonyl (C=O) groups excluding carboxylic acids is 1. The molecule has 0 atom stereocenters. The molecule has 1 aliphatic heterocycles. The number of carboxylic acid groups (broad SMARTS) is 1. The van der Waals surface area contributed by atoms with E-state index in [0.717, 1.165) is 18.5 Å². The summed E-state index contributed by atoms with van der Waals surface area (Å²) in [5.41, 5.74) is 0.351. The van der Waals surface area contributed by atoms with Crippen molar-refractivity contribution in [1.29, 1.82) is 0 Å². The SMILES string of the molecule is CC(C)(C)OC(=O)N1CCCN(Cc2ccsc2C(=O)O)CC1. The number of thiophene rings is 1. The van der Waals surface area contributed by atoms with E-state index < -0.39 is 11.6 Å². The van der Waals surface area contributed by atoms with Crippen molar-refractivity contribution in [2.75, 3.05) is 26.2 Å². The molecule has 1 saturated heterocycles. The van der Waals surface area contributed by atoms with Crippen LogP contribution in [0.5, 0.6) is 0 Å². The molecule has 128 valence electrons. The van der Waals surface area contributed by atoms with Gasteiger partial charge >= 0.3 is 12.1 Å². The first-order valence-electron chi connectivity index (χ1n) is 7.76. The molecule has 1 aliphatic rings. The fourth-order valence-electron chi connectivity index (χ4n) is 2.53. The highest BCUT2D eigenvalue weighted by Gasteiger charge is 2.25.